The highest BCUT2D eigenvalue weighted by molar-refractivity contribution is 5.69. The van der Waals surface area contributed by atoms with E-state index in [1.54, 1.807) is 4.90 Å². The third-order valence-corrected chi connectivity index (χ3v) is 2.78. The van der Waals surface area contributed by atoms with Gasteiger partial charge in [0.15, 0.2) is 0 Å². The molecule has 1 aromatic rings. The number of nitrogens with one attached hydrogen (secondary N) is 2. The Morgan fingerprint density at radius 2 is 2.28 bits per heavy atom. The van der Waals surface area contributed by atoms with E-state index in [2.05, 4.69) is 10.3 Å². The normalized spacial score (nSPS) is 16.5. The third kappa shape index (κ3) is 3.50. The second-order valence-electron chi connectivity index (χ2n) is 5.66. The molecule has 1 amide bonds. The van der Waals surface area contributed by atoms with Crippen LogP contribution in [0.3, 0.4) is 0 Å². The molecular weight excluding hydrogens is 230 g/mol. The Hall–Kier alpha value is -1.49. The van der Waals surface area contributed by atoms with Crippen LogP contribution >= 0.6 is 0 Å². The Morgan fingerprint density at radius 3 is 2.83 bits per heavy atom. The van der Waals surface area contributed by atoms with Crippen LogP contribution in [-0.2, 0) is 11.3 Å². The van der Waals surface area contributed by atoms with Gasteiger partial charge in [0.05, 0.1) is 0 Å². The molecule has 0 aromatic carbocycles. The van der Waals surface area contributed by atoms with E-state index in [1.807, 2.05) is 39.1 Å². The minimum absolute atomic E-state index is 0.222. The predicted octanol–water partition coefficient (Wildman–Crippen LogP) is 1.72. The molecule has 2 rings (SSSR count). The average molecular weight is 251 g/mol. The van der Waals surface area contributed by atoms with Crippen LogP contribution in [0, 0.1) is 0 Å². The van der Waals surface area contributed by atoms with Crippen molar-refractivity contribution in [2.24, 2.45) is 0 Å². The molecule has 1 aliphatic heterocycles. The lowest BCUT2D eigenvalue weighted by Gasteiger charge is -2.40. The van der Waals surface area contributed by atoms with Gasteiger partial charge in [0.2, 0.25) is 0 Å². The smallest absolute Gasteiger partial charge is 0.410 e. The summed E-state index contributed by atoms with van der Waals surface area (Å²) in [5, 5.41) is 3.39. The van der Waals surface area contributed by atoms with Gasteiger partial charge in [-0.05, 0) is 32.9 Å². The highest BCUT2D eigenvalue weighted by Gasteiger charge is 2.33. The van der Waals surface area contributed by atoms with Crippen LogP contribution in [0.15, 0.2) is 18.3 Å². The fourth-order valence-corrected chi connectivity index (χ4v) is 1.82. The largest absolute Gasteiger partial charge is 0.444 e. The lowest BCUT2D eigenvalue weighted by molar-refractivity contribution is 0.00516. The molecule has 0 radical (unpaired) electrons. The highest BCUT2D eigenvalue weighted by atomic mass is 16.6. The Kier molecular flexibility index (Phi) is 3.61. The summed E-state index contributed by atoms with van der Waals surface area (Å²) in [6.07, 6.45) is 1.69. The second kappa shape index (κ2) is 5.02. The van der Waals surface area contributed by atoms with E-state index in [1.165, 1.54) is 0 Å². The molecule has 1 saturated heterocycles. The summed E-state index contributed by atoms with van der Waals surface area (Å²) in [6.45, 7) is 7.88. The Bertz CT molecular complexity index is 389. The van der Waals surface area contributed by atoms with Crippen molar-refractivity contribution in [1.82, 2.24) is 15.2 Å². The maximum Gasteiger partial charge on any atom is 0.410 e. The van der Waals surface area contributed by atoms with Gasteiger partial charge in [-0.2, -0.15) is 0 Å². The van der Waals surface area contributed by atoms with Gasteiger partial charge in [-0.15, -0.1) is 0 Å². The van der Waals surface area contributed by atoms with Crippen molar-refractivity contribution < 1.29 is 9.53 Å². The van der Waals surface area contributed by atoms with Crippen molar-refractivity contribution >= 4 is 6.09 Å². The number of hydrogen-bond acceptors (Lipinski definition) is 3. The number of hydrogen-bond donors (Lipinski definition) is 2. The van der Waals surface area contributed by atoms with Crippen LogP contribution in [0.25, 0.3) is 0 Å². The monoisotopic (exact) mass is 251 g/mol. The minimum Gasteiger partial charge on any atom is -0.444 e. The van der Waals surface area contributed by atoms with Gasteiger partial charge in [-0.1, -0.05) is 0 Å². The molecule has 1 aliphatic rings. The third-order valence-electron chi connectivity index (χ3n) is 2.78. The summed E-state index contributed by atoms with van der Waals surface area (Å²) in [5.41, 5.74) is 0.741. The van der Waals surface area contributed by atoms with Gasteiger partial charge >= 0.3 is 6.09 Å². The van der Waals surface area contributed by atoms with Gasteiger partial charge in [-0.25, -0.2) is 4.79 Å². The standard InChI is InChI=1S/C13H21N3O2/c1-13(2,3)18-12(17)16-8-11(9-16)15-7-10-5-4-6-14-10/h4-6,11,14-15H,7-9H2,1-3H3. The number of aromatic amines is 1. The summed E-state index contributed by atoms with van der Waals surface area (Å²) in [6, 6.07) is 4.38. The molecule has 0 saturated carbocycles. The van der Waals surface area contributed by atoms with Crippen molar-refractivity contribution in [2.45, 2.75) is 39.0 Å². The zero-order valence-corrected chi connectivity index (χ0v) is 11.2. The number of ether oxygens (including phenoxy) is 1. The van der Waals surface area contributed by atoms with Crippen LogP contribution in [-0.4, -0.2) is 40.7 Å². The van der Waals surface area contributed by atoms with E-state index in [4.69, 9.17) is 4.74 Å². The number of likely N-dealkylation sites (tertiary alicyclic amines) is 1. The number of rotatable bonds is 3. The summed E-state index contributed by atoms with van der Waals surface area (Å²) < 4.78 is 5.29. The Labute approximate surface area is 108 Å². The fraction of sp³-hybridized carbons (Fsp3) is 0.615. The van der Waals surface area contributed by atoms with E-state index >= 15 is 0 Å². The van der Waals surface area contributed by atoms with Gasteiger partial charge in [-0.3, -0.25) is 0 Å². The van der Waals surface area contributed by atoms with Gasteiger partial charge < -0.3 is 19.9 Å². The van der Waals surface area contributed by atoms with Gasteiger partial charge in [0.1, 0.15) is 5.60 Å². The zero-order chi connectivity index (χ0) is 13.2. The number of nitrogens with zero attached hydrogens (tertiary/aromatic N) is 1. The molecule has 0 atom stereocenters. The van der Waals surface area contributed by atoms with E-state index in [-0.39, 0.29) is 6.09 Å². The SMILES string of the molecule is CC(C)(C)OC(=O)N1CC(NCc2ccc[nH]2)C1. The first-order chi connectivity index (χ1) is 8.44. The first-order valence-electron chi connectivity index (χ1n) is 6.27. The first kappa shape index (κ1) is 13.0. The molecule has 0 unspecified atom stereocenters. The van der Waals surface area contributed by atoms with Crippen molar-refractivity contribution in [3.05, 3.63) is 24.0 Å². The molecule has 2 N–H and O–H groups in total. The summed E-state index contributed by atoms with van der Waals surface area (Å²) >= 11 is 0. The molecule has 0 spiro atoms. The number of aromatic nitrogens is 1. The lowest BCUT2D eigenvalue weighted by atomic mass is 10.1. The zero-order valence-electron chi connectivity index (χ0n) is 11.2. The summed E-state index contributed by atoms with van der Waals surface area (Å²) in [4.78, 5) is 16.5. The van der Waals surface area contributed by atoms with Crippen molar-refractivity contribution in [3.63, 3.8) is 0 Å². The summed E-state index contributed by atoms with van der Waals surface area (Å²) in [5.74, 6) is 0. The molecule has 5 heteroatoms. The topological polar surface area (TPSA) is 57.4 Å². The van der Waals surface area contributed by atoms with Crippen LogP contribution in [0.1, 0.15) is 26.5 Å². The Morgan fingerprint density at radius 1 is 1.56 bits per heavy atom. The molecule has 5 nitrogen and oxygen atoms in total. The van der Waals surface area contributed by atoms with Gasteiger partial charge in [0.25, 0.3) is 0 Å². The quantitative estimate of drug-likeness (QED) is 0.860. The van der Waals surface area contributed by atoms with Crippen LogP contribution in [0.2, 0.25) is 0 Å². The van der Waals surface area contributed by atoms with E-state index < -0.39 is 5.60 Å². The molecule has 100 valence electrons. The molecule has 0 bridgehead atoms. The van der Waals surface area contributed by atoms with Gasteiger partial charge in [0, 0.05) is 37.6 Å². The van der Waals surface area contributed by atoms with Crippen molar-refractivity contribution in [2.75, 3.05) is 13.1 Å². The van der Waals surface area contributed by atoms with Crippen molar-refractivity contribution in [3.8, 4) is 0 Å². The number of H-pyrrole nitrogens is 1. The molecular formula is C13H21N3O2. The predicted molar refractivity (Wildman–Crippen MR) is 69.2 cm³/mol. The van der Waals surface area contributed by atoms with E-state index in [0.29, 0.717) is 6.04 Å². The molecule has 1 fully saturated rings. The number of carbonyl (C=O) groups is 1. The van der Waals surface area contributed by atoms with Crippen LogP contribution in [0.4, 0.5) is 4.79 Å². The number of amides is 1. The summed E-state index contributed by atoms with van der Waals surface area (Å²) in [7, 11) is 0. The van der Waals surface area contributed by atoms with E-state index in [9.17, 15) is 4.79 Å². The molecule has 2 heterocycles. The van der Waals surface area contributed by atoms with E-state index in [0.717, 1.165) is 25.3 Å². The van der Waals surface area contributed by atoms with Crippen LogP contribution in [0.5, 0.6) is 0 Å². The second-order valence-corrected chi connectivity index (χ2v) is 5.66. The molecule has 0 aliphatic carbocycles. The molecule has 18 heavy (non-hydrogen) atoms. The van der Waals surface area contributed by atoms with Crippen LogP contribution < -0.4 is 5.32 Å². The minimum atomic E-state index is -0.417. The molecule has 1 aromatic heterocycles. The number of carbonyl (C=O) groups excluding carboxylic acids is 1. The first-order valence-corrected chi connectivity index (χ1v) is 6.27. The lowest BCUT2D eigenvalue weighted by Crippen LogP contribution is -2.60. The maximum atomic E-state index is 11.7. The highest BCUT2D eigenvalue weighted by Crippen LogP contribution is 2.15. The maximum absolute atomic E-state index is 11.7. The van der Waals surface area contributed by atoms with Crippen molar-refractivity contribution in [1.29, 1.82) is 0 Å². The fourth-order valence-electron chi connectivity index (χ4n) is 1.82. The Balaban J connectivity index is 1.66. The average Bonchev–Trinajstić information content (AvgIpc) is 2.64.